The zero-order chi connectivity index (χ0) is 20.9. The molecule has 2 aromatic carbocycles. The molecule has 0 saturated heterocycles. The lowest BCUT2D eigenvalue weighted by atomic mass is 9.97. The highest BCUT2D eigenvalue weighted by Crippen LogP contribution is 2.52. The molecule has 1 aromatic heterocycles. The highest BCUT2D eigenvalue weighted by atomic mass is 79.9. The molecule has 3 rings (SSSR count). The second kappa shape index (κ2) is 7.17. The standard InChI is InChI=1S/C17H12Br2O9/c18-5-1-4(2-6(19)11(5)23)10(22)8-9-12(24)13(25)14(26)15(27)17(9)28-16(8)7(21)3-20/h1-2,7,20-21,23-27H,3H2. The molecule has 0 aliphatic rings. The molecule has 1 unspecified atom stereocenters. The van der Waals surface area contributed by atoms with Crippen molar-refractivity contribution in [2.45, 2.75) is 6.10 Å². The maximum atomic E-state index is 13.1. The van der Waals surface area contributed by atoms with Gasteiger partial charge in [0.05, 0.1) is 26.5 Å². The normalized spacial score (nSPS) is 12.4. The summed E-state index contributed by atoms with van der Waals surface area (Å²) in [5, 5.41) is 68.4. The zero-order valence-corrected chi connectivity index (χ0v) is 16.8. The number of hydrogen-bond donors (Lipinski definition) is 7. The molecule has 148 valence electrons. The summed E-state index contributed by atoms with van der Waals surface area (Å²) in [4.78, 5) is 13.1. The number of phenolic OH excluding ortho intramolecular Hbond substituents is 5. The number of rotatable bonds is 4. The van der Waals surface area contributed by atoms with E-state index in [4.69, 9.17) is 4.42 Å². The number of ketones is 1. The maximum absolute atomic E-state index is 13.1. The molecule has 0 aliphatic carbocycles. The van der Waals surface area contributed by atoms with Crippen LogP contribution in [0.5, 0.6) is 28.7 Å². The molecule has 0 aliphatic heterocycles. The van der Waals surface area contributed by atoms with Crippen LogP contribution in [0.2, 0.25) is 0 Å². The highest BCUT2D eigenvalue weighted by molar-refractivity contribution is 9.11. The van der Waals surface area contributed by atoms with Gasteiger partial charge in [0.15, 0.2) is 17.1 Å². The maximum Gasteiger partial charge on any atom is 0.208 e. The minimum Gasteiger partial charge on any atom is -0.506 e. The Morgan fingerprint density at radius 2 is 1.46 bits per heavy atom. The van der Waals surface area contributed by atoms with E-state index in [9.17, 15) is 40.5 Å². The van der Waals surface area contributed by atoms with Gasteiger partial charge in [-0.3, -0.25) is 4.79 Å². The Morgan fingerprint density at radius 1 is 0.929 bits per heavy atom. The van der Waals surface area contributed by atoms with E-state index < -0.39 is 63.8 Å². The van der Waals surface area contributed by atoms with Crippen molar-refractivity contribution in [1.82, 2.24) is 0 Å². The predicted molar refractivity (Wildman–Crippen MR) is 102 cm³/mol. The van der Waals surface area contributed by atoms with Crippen molar-refractivity contribution < 1.29 is 45.0 Å². The molecule has 1 heterocycles. The minimum atomic E-state index is -1.71. The Balaban J connectivity index is 2.40. The Morgan fingerprint density at radius 3 is 2.00 bits per heavy atom. The summed E-state index contributed by atoms with van der Waals surface area (Å²) in [6, 6.07) is 2.51. The SMILES string of the molecule is O=C(c1cc(Br)c(O)c(Br)c1)c1c(C(O)CO)oc2c(O)c(O)c(O)c(O)c12. The van der Waals surface area contributed by atoms with Crippen LogP contribution in [-0.2, 0) is 0 Å². The number of aromatic hydroxyl groups is 5. The van der Waals surface area contributed by atoms with Crippen LogP contribution < -0.4 is 0 Å². The first kappa shape index (κ1) is 20.3. The number of phenols is 5. The molecule has 0 fully saturated rings. The number of carbonyl (C=O) groups excluding carboxylic acids is 1. The van der Waals surface area contributed by atoms with Crippen LogP contribution in [0.25, 0.3) is 11.0 Å². The van der Waals surface area contributed by atoms with Crippen molar-refractivity contribution in [3.05, 3.63) is 38.0 Å². The lowest BCUT2D eigenvalue weighted by Crippen LogP contribution is -2.09. The second-order valence-corrected chi connectivity index (χ2v) is 7.46. The van der Waals surface area contributed by atoms with Gasteiger partial charge in [0.25, 0.3) is 0 Å². The van der Waals surface area contributed by atoms with Crippen molar-refractivity contribution in [2.24, 2.45) is 0 Å². The minimum absolute atomic E-state index is 0.0305. The van der Waals surface area contributed by atoms with Crippen LogP contribution in [-0.4, -0.2) is 48.1 Å². The summed E-state index contributed by atoms with van der Waals surface area (Å²) in [6.07, 6.45) is -1.71. The van der Waals surface area contributed by atoms with Crippen LogP contribution in [0.15, 0.2) is 25.5 Å². The monoisotopic (exact) mass is 518 g/mol. The number of carbonyl (C=O) groups is 1. The molecular formula is C17H12Br2O9. The molecule has 0 amide bonds. The molecule has 0 radical (unpaired) electrons. The number of hydrogen-bond acceptors (Lipinski definition) is 9. The average Bonchev–Trinajstić information content (AvgIpc) is 3.07. The third-order valence-corrected chi connectivity index (χ3v) is 5.25. The van der Waals surface area contributed by atoms with Crippen molar-refractivity contribution in [1.29, 1.82) is 0 Å². The Bertz CT molecular complexity index is 1100. The third-order valence-electron chi connectivity index (χ3n) is 4.04. The number of benzene rings is 2. The van der Waals surface area contributed by atoms with Crippen LogP contribution in [0.1, 0.15) is 27.8 Å². The van der Waals surface area contributed by atoms with Gasteiger partial charge in [-0.1, -0.05) is 0 Å². The van der Waals surface area contributed by atoms with Crippen LogP contribution in [0.3, 0.4) is 0 Å². The molecule has 7 N–H and O–H groups in total. The summed E-state index contributed by atoms with van der Waals surface area (Å²) in [5.41, 5.74) is -1.06. The van der Waals surface area contributed by atoms with Crippen molar-refractivity contribution in [3.8, 4) is 28.7 Å². The summed E-state index contributed by atoms with van der Waals surface area (Å²) < 4.78 is 5.57. The first-order valence-electron chi connectivity index (χ1n) is 7.53. The summed E-state index contributed by atoms with van der Waals surface area (Å²) in [6.45, 7) is -0.859. The Kier molecular flexibility index (Phi) is 5.19. The van der Waals surface area contributed by atoms with E-state index in [-0.39, 0.29) is 20.3 Å². The highest BCUT2D eigenvalue weighted by Gasteiger charge is 2.33. The van der Waals surface area contributed by atoms with Gasteiger partial charge >= 0.3 is 0 Å². The fourth-order valence-electron chi connectivity index (χ4n) is 2.68. The Hall–Kier alpha value is -2.47. The van der Waals surface area contributed by atoms with Crippen molar-refractivity contribution in [2.75, 3.05) is 6.61 Å². The van der Waals surface area contributed by atoms with E-state index in [1.165, 1.54) is 12.1 Å². The number of aliphatic hydroxyl groups excluding tert-OH is 2. The molecule has 28 heavy (non-hydrogen) atoms. The summed E-state index contributed by atoms with van der Waals surface area (Å²) >= 11 is 6.16. The van der Waals surface area contributed by atoms with Crippen LogP contribution in [0, 0.1) is 0 Å². The smallest absolute Gasteiger partial charge is 0.208 e. The zero-order valence-electron chi connectivity index (χ0n) is 13.6. The third kappa shape index (κ3) is 2.96. The quantitative estimate of drug-likeness (QED) is 0.155. The van der Waals surface area contributed by atoms with Crippen LogP contribution in [0.4, 0.5) is 0 Å². The van der Waals surface area contributed by atoms with Gasteiger partial charge < -0.3 is 40.2 Å². The van der Waals surface area contributed by atoms with Gasteiger partial charge in [-0.05, 0) is 44.0 Å². The van der Waals surface area contributed by atoms with Crippen LogP contribution >= 0.6 is 31.9 Å². The summed E-state index contributed by atoms with van der Waals surface area (Å²) in [5.74, 6) is -5.63. The van der Waals surface area contributed by atoms with Gasteiger partial charge in [0.2, 0.25) is 17.2 Å². The number of fused-ring (bicyclic) bond motifs is 1. The van der Waals surface area contributed by atoms with Gasteiger partial charge in [0, 0.05) is 5.56 Å². The van der Waals surface area contributed by atoms with Crippen molar-refractivity contribution in [3.63, 3.8) is 0 Å². The van der Waals surface area contributed by atoms with E-state index in [0.29, 0.717) is 0 Å². The number of furan rings is 1. The second-order valence-electron chi connectivity index (χ2n) is 5.76. The predicted octanol–water partition coefficient (Wildman–Crippen LogP) is 2.74. The van der Waals surface area contributed by atoms with E-state index in [1.54, 1.807) is 0 Å². The molecular weight excluding hydrogens is 508 g/mol. The lowest BCUT2D eigenvalue weighted by Gasteiger charge is -2.09. The summed E-state index contributed by atoms with van der Waals surface area (Å²) in [7, 11) is 0. The molecule has 11 heteroatoms. The van der Waals surface area contributed by atoms with Gasteiger partial charge in [-0.25, -0.2) is 0 Å². The average molecular weight is 520 g/mol. The number of halogens is 2. The largest absolute Gasteiger partial charge is 0.506 e. The molecule has 1 atom stereocenters. The lowest BCUT2D eigenvalue weighted by molar-refractivity contribution is 0.0767. The number of aliphatic hydroxyl groups is 2. The fraction of sp³-hybridized carbons (Fsp3) is 0.118. The van der Waals surface area contributed by atoms with Crippen molar-refractivity contribution >= 4 is 48.6 Å². The first-order valence-corrected chi connectivity index (χ1v) is 9.12. The van der Waals surface area contributed by atoms with Gasteiger partial charge in [0.1, 0.15) is 17.6 Å². The van der Waals surface area contributed by atoms with E-state index >= 15 is 0 Å². The van der Waals surface area contributed by atoms with E-state index in [0.717, 1.165) is 0 Å². The molecule has 0 saturated carbocycles. The fourth-order valence-corrected chi connectivity index (χ4v) is 3.86. The van der Waals surface area contributed by atoms with Gasteiger partial charge in [-0.15, -0.1) is 0 Å². The molecule has 9 nitrogen and oxygen atoms in total. The van der Waals surface area contributed by atoms with E-state index in [1.807, 2.05) is 0 Å². The molecule has 3 aromatic rings. The molecule has 0 spiro atoms. The first-order chi connectivity index (χ1) is 13.1. The topological polar surface area (TPSA) is 172 Å². The Labute approximate surface area is 173 Å². The van der Waals surface area contributed by atoms with E-state index in [2.05, 4.69) is 31.9 Å². The molecule has 0 bridgehead atoms. The van der Waals surface area contributed by atoms with Gasteiger partial charge in [-0.2, -0.15) is 0 Å².